The summed E-state index contributed by atoms with van der Waals surface area (Å²) in [6.45, 7) is 3.47. The van der Waals surface area contributed by atoms with Crippen molar-refractivity contribution in [3.8, 4) is 11.1 Å². The van der Waals surface area contributed by atoms with E-state index in [2.05, 4.69) is 11.1 Å². The highest BCUT2D eigenvalue weighted by Gasteiger charge is 2.19. The van der Waals surface area contributed by atoms with E-state index in [9.17, 15) is 14.7 Å². The number of aromatic carboxylic acids is 1. The van der Waals surface area contributed by atoms with E-state index in [-0.39, 0.29) is 5.91 Å². The van der Waals surface area contributed by atoms with Crippen molar-refractivity contribution >= 4 is 34.4 Å². The van der Waals surface area contributed by atoms with Gasteiger partial charge in [-0.15, -0.1) is 0 Å². The number of nitrogens with zero attached hydrogens (tertiary/aromatic N) is 1. The van der Waals surface area contributed by atoms with Gasteiger partial charge in [0, 0.05) is 47.2 Å². The van der Waals surface area contributed by atoms with Gasteiger partial charge in [-0.1, -0.05) is 35.9 Å². The maximum absolute atomic E-state index is 12.6. The highest BCUT2D eigenvalue weighted by molar-refractivity contribution is 6.34. The van der Waals surface area contributed by atoms with Crippen LogP contribution in [-0.2, 0) is 6.42 Å². The van der Waals surface area contributed by atoms with Crippen LogP contribution in [0.3, 0.4) is 0 Å². The Morgan fingerprint density at radius 3 is 2.44 bits per heavy atom. The van der Waals surface area contributed by atoms with Gasteiger partial charge in [-0.3, -0.25) is 4.79 Å². The SMILES string of the molecule is Cc1ccc(Cc2cc3cc(-c4ccc(C(=O)N5CCCC5)cc4)c(Cl)cc3[nH]2)cc1C(=O)O. The lowest BCUT2D eigenvalue weighted by Gasteiger charge is -2.15. The number of rotatable bonds is 5. The van der Waals surface area contributed by atoms with Gasteiger partial charge in [0.15, 0.2) is 0 Å². The van der Waals surface area contributed by atoms with Crippen LogP contribution in [0.1, 0.15) is 50.4 Å². The van der Waals surface area contributed by atoms with Crippen molar-refractivity contribution in [1.82, 2.24) is 9.88 Å². The van der Waals surface area contributed by atoms with Crippen molar-refractivity contribution in [2.24, 2.45) is 0 Å². The van der Waals surface area contributed by atoms with Crippen LogP contribution in [0.25, 0.3) is 22.0 Å². The molecule has 1 aliphatic heterocycles. The van der Waals surface area contributed by atoms with Crippen molar-refractivity contribution in [2.45, 2.75) is 26.2 Å². The third-order valence-corrected chi connectivity index (χ3v) is 6.84. The average molecular weight is 473 g/mol. The molecule has 0 saturated carbocycles. The minimum atomic E-state index is -0.916. The first kappa shape index (κ1) is 22.2. The summed E-state index contributed by atoms with van der Waals surface area (Å²) in [7, 11) is 0. The second-order valence-electron chi connectivity index (χ2n) is 8.92. The van der Waals surface area contributed by atoms with Crippen molar-refractivity contribution in [1.29, 1.82) is 0 Å². The number of likely N-dealkylation sites (tertiary alicyclic amines) is 1. The number of aromatic nitrogens is 1. The molecule has 0 unspecified atom stereocenters. The molecule has 1 amide bonds. The summed E-state index contributed by atoms with van der Waals surface area (Å²) in [5.74, 6) is -0.830. The van der Waals surface area contributed by atoms with Gasteiger partial charge in [-0.2, -0.15) is 0 Å². The molecule has 1 aromatic heterocycles. The average Bonchev–Trinajstić information content (AvgIpc) is 3.49. The summed E-state index contributed by atoms with van der Waals surface area (Å²) < 4.78 is 0. The highest BCUT2D eigenvalue weighted by Crippen LogP contribution is 2.33. The van der Waals surface area contributed by atoms with Gasteiger partial charge < -0.3 is 15.0 Å². The number of amides is 1. The number of hydrogen-bond donors (Lipinski definition) is 2. The van der Waals surface area contributed by atoms with Crippen LogP contribution in [0, 0.1) is 6.92 Å². The molecule has 0 radical (unpaired) electrons. The summed E-state index contributed by atoms with van der Waals surface area (Å²) in [5, 5.41) is 11.1. The van der Waals surface area contributed by atoms with Gasteiger partial charge in [-0.25, -0.2) is 4.79 Å². The molecule has 172 valence electrons. The summed E-state index contributed by atoms with van der Waals surface area (Å²) in [4.78, 5) is 29.4. The van der Waals surface area contributed by atoms with Crippen LogP contribution < -0.4 is 0 Å². The molecule has 6 heteroatoms. The Morgan fingerprint density at radius 1 is 1.00 bits per heavy atom. The number of carboxylic acid groups (broad SMARTS) is 1. The van der Waals surface area contributed by atoms with E-state index in [1.165, 1.54) is 0 Å². The Morgan fingerprint density at radius 2 is 1.74 bits per heavy atom. The third kappa shape index (κ3) is 4.31. The molecule has 5 nitrogen and oxygen atoms in total. The van der Waals surface area contributed by atoms with E-state index < -0.39 is 5.97 Å². The summed E-state index contributed by atoms with van der Waals surface area (Å²) in [6, 6.07) is 19.2. The van der Waals surface area contributed by atoms with Crippen LogP contribution >= 0.6 is 11.6 Å². The molecule has 34 heavy (non-hydrogen) atoms. The van der Waals surface area contributed by atoms with E-state index in [1.54, 1.807) is 13.0 Å². The number of carboxylic acids is 1. The lowest BCUT2D eigenvalue weighted by molar-refractivity contribution is 0.0695. The van der Waals surface area contributed by atoms with E-state index in [0.717, 1.165) is 64.8 Å². The number of carbonyl (C=O) groups excluding carboxylic acids is 1. The Labute approximate surface area is 203 Å². The number of halogens is 1. The van der Waals surface area contributed by atoms with Gasteiger partial charge in [0.2, 0.25) is 0 Å². The zero-order valence-corrected chi connectivity index (χ0v) is 19.7. The zero-order valence-electron chi connectivity index (χ0n) is 18.9. The highest BCUT2D eigenvalue weighted by atomic mass is 35.5. The van der Waals surface area contributed by atoms with Gasteiger partial charge in [0.25, 0.3) is 5.91 Å². The smallest absolute Gasteiger partial charge is 0.335 e. The Hall–Kier alpha value is -3.57. The Kier molecular flexibility index (Phi) is 5.88. The van der Waals surface area contributed by atoms with Crippen molar-refractivity contribution < 1.29 is 14.7 Å². The summed E-state index contributed by atoms with van der Waals surface area (Å²) >= 11 is 6.63. The topological polar surface area (TPSA) is 73.4 Å². The predicted molar refractivity (Wildman–Crippen MR) is 135 cm³/mol. The molecule has 1 aliphatic rings. The first-order valence-corrected chi connectivity index (χ1v) is 11.8. The molecule has 0 spiro atoms. The number of hydrogen-bond acceptors (Lipinski definition) is 2. The molecule has 0 aliphatic carbocycles. The second-order valence-corrected chi connectivity index (χ2v) is 9.33. The lowest BCUT2D eigenvalue weighted by Crippen LogP contribution is -2.27. The van der Waals surface area contributed by atoms with Gasteiger partial charge in [0.1, 0.15) is 0 Å². The van der Waals surface area contributed by atoms with Crippen LogP contribution in [-0.4, -0.2) is 40.0 Å². The number of carbonyl (C=O) groups is 2. The molecule has 5 rings (SSSR count). The minimum absolute atomic E-state index is 0.0861. The molecule has 1 saturated heterocycles. The largest absolute Gasteiger partial charge is 0.478 e. The van der Waals surface area contributed by atoms with E-state index in [1.807, 2.05) is 53.4 Å². The molecule has 3 aromatic carbocycles. The summed E-state index contributed by atoms with van der Waals surface area (Å²) in [5.41, 5.74) is 6.47. The number of H-pyrrole nitrogens is 1. The Bertz CT molecular complexity index is 1400. The van der Waals surface area contributed by atoms with Crippen molar-refractivity contribution in [3.05, 3.63) is 93.6 Å². The van der Waals surface area contributed by atoms with Gasteiger partial charge in [-0.05, 0) is 72.9 Å². The van der Waals surface area contributed by atoms with Crippen LogP contribution in [0.15, 0.2) is 60.7 Å². The van der Waals surface area contributed by atoms with E-state index in [4.69, 9.17) is 11.6 Å². The first-order valence-electron chi connectivity index (χ1n) is 11.4. The van der Waals surface area contributed by atoms with Crippen molar-refractivity contribution in [2.75, 3.05) is 13.1 Å². The predicted octanol–water partition coefficient (Wildman–Crippen LogP) is 6.32. The second kappa shape index (κ2) is 8.99. The fourth-order valence-corrected chi connectivity index (χ4v) is 4.93. The monoisotopic (exact) mass is 472 g/mol. The van der Waals surface area contributed by atoms with E-state index >= 15 is 0 Å². The Balaban J connectivity index is 1.41. The zero-order chi connectivity index (χ0) is 23.8. The molecular formula is C28H25ClN2O3. The first-order chi connectivity index (χ1) is 16.4. The normalized spacial score (nSPS) is 13.5. The summed E-state index contributed by atoms with van der Waals surface area (Å²) in [6.07, 6.45) is 2.74. The molecule has 2 heterocycles. The molecule has 0 bridgehead atoms. The molecular weight excluding hydrogens is 448 g/mol. The van der Waals surface area contributed by atoms with Crippen LogP contribution in [0.4, 0.5) is 0 Å². The van der Waals surface area contributed by atoms with Gasteiger partial charge in [0.05, 0.1) is 10.6 Å². The standard InChI is InChI=1S/C28H25ClN2O3/c1-17-4-5-18(13-23(17)28(33)34)12-22-14-21-15-24(25(29)16-26(21)30-22)19-6-8-20(9-7-19)27(32)31-10-2-3-11-31/h4-9,13-16,30H,2-3,10-12H2,1H3,(H,33,34). The van der Waals surface area contributed by atoms with Crippen LogP contribution in [0.5, 0.6) is 0 Å². The number of aromatic amines is 1. The number of aryl methyl sites for hydroxylation is 1. The molecule has 2 N–H and O–H groups in total. The number of fused-ring (bicyclic) bond motifs is 1. The fourth-order valence-electron chi connectivity index (χ4n) is 4.66. The molecule has 1 fully saturated rings. The molecule has 4 aromatic rings. The van der Waals surface area contributed by atoms with Crippen molar-refractivity contribution in [3.63, 3.8) is 0 Å². The maximum Gasteiger partial charge on any atom is 0.335 e. The van der Waals surface area contributed by atoms with Crippen LogP contribution in [0.2, 0.25) is 5.02 Å². The number of benzene rings is 3. The van der Waals surface area contributed by atoms with Gasteiger partial charge >= 0.3 is 5.97 Å². The quantitative estimate of drug-likeness (QED) is 0.357. The number of nitrogens with one attached hydrogen (secondary N) is 1. The van der Waals surface area contributed by atoms with E-state index in [0.29, 0.717) is 22.6 Å². The maximum atomic E-state index is 12.6. The minimum Gasteiger partial charge on any atom is -0.478 e. The lowest BCUT2D eigenvalue weighted by atomic mass is 10.0. The molecule has 0 atom stereocenters. The third-order valence-electron chi connectivity index (χ3n) is 6.53. The fraction of sp³-hybridized carbons (Fsp3) is 0.214.